The Kier molecular flexibility index (Phi) is 3.71. The number of pyridine rings is 1. The lowest BCUT2D eigenvalue weighted by Crippen LogP contribution is -2.19. The lowest BCUT2D eigenvalue weighted by atomic mass is 10.1. The summed E-state index contributed by atoms with van der Waals surface area (Å²) in [5, 5.41) is 8.76. The predicted molar refractivity (Wildman–Crippen MR) is 83.0 cm³/mol. The molecule has 1 unspecified atom stereocenters. The van der Waals surface area contributed by atoms with Crippen molar-refractivity contribution in [1.82, 2.24) is 15.5 Å². The van der Waals surface area contributed by atoms with Gasteiger partial charge in [-0.2, -0.15) is 0 Å². The van der Waals surface area contributed by atoms with Gasteiger partial charge in [-0.1, -0.05) is 23.4 Å². The van der Waals surface area contributed by atoms with Crippen LogP contribution in [0.25, 0.3) is 10.9 Å². The van der Waals surface area contributed by atoms with E-state index in [0.717, 1.165) is 29.1 Å². The van der Waals surface area contributed by atoms with Gasteiger partial charge in [0.05, 0.1) is 11.2 Å². The molecule has 2 aromatic heterocycles. The van der Waals surface area contributed by atoms with Crippen LogP contribution in [-0.2, 0) is 6.54 Å². The number of hydrogen-bond donors (Lipinski definition) is 1. The number of hydrogen-bond acceptors (Lipinski definition) is 4. The van der Waals surface area contributed by atoms with E-state index in [9.17, 15) is 0 Å². The van der Waals surface area contributed by atoms with Gasteiger partial charge in [0.15, 0.2) is 0 Å². The second-order valence-corrected chi connectivity index (χ2v) is 5.33. The zero-order valence-corrected chi connectivity index (χ0v) is 12.6. The van der Waals surface area contributed by atoms with Crippen LogP contribution < -0.4 is 5.32 Å². The van der Waals surface area contributed by atoms with Gasteiger partial charge in [-0.3, -0.25) is 4.98 Å². The lowest BCUT2D eigenvalue weighted by molar-refractivity contribution is 0.390. The third-order valence-electron chi connectivity index (χ3n) is 3.86. The number of nitrogens with one attached hydrogen (secondary N) is 1. The van der Waals surface area contributed by atoms with Crippen molar-refractivity contribution in [3.63, 3.8) is 0 Å². The normalized spacial score (nSPS) is 12.7. The van der Waals surface area contributed by atoms with E-state index in [0.29, 0.717) is 0 Å². The Morgan fingerprint density at radius 3 is 2.76 bits per heavy atom. The first-order chi connectivity index (χ1) is 10.2. The van der Waals surface area contributed by atoms with Crippen LogP contribution in [0.3, 0.4) is 0 Å². The SMILES string of the molecule is Cc1noc(C)c1C(C)NCc1ccnc2ccccc12. The largest absolute Gasteiger partial charge is 0.361 e. The number of aromatic nitrogens is 2. The summed E-state index contributed by atoms with van der Waals surface area (Å²) in [6, 6.07) is 10.5. The van der Waals surface area contributed by atoms with Crippen LogP contribution in [0.2, 0.25) is 0 Å². The van der Waals surface area contributed by atoms with Gasteiger partial charge in [-0.15, -0.1) is 0 Å². The fraction of sp³-hybridized carbons (Fsp3) is 0.294. The van der Waals surface area contributed by atoms with E-state index in [1.165, 1.54) is 10.9 Å². The van der Waals surface area contributed by atoms with Crippen molar-refractivity contribution in [3.05, 3.63) is 59.1 Å². The maximum absolute atomic E-state index is 5.24. The molecular formula is C17H19N3O. The Morgan fingerprint density at radius 1 is 1.19 bits per heavy atom. The number of para-hydroxylation sites is 1. The summed E-state index contributed by atoms with van der Waals surface area (Å²) in [5.74, 6) is 0.882. The van der Waals surface area contributed by atoms with Gasteiger partial charge in [-0.25, -0.2) is 0 Å². The molecule has 1 atom stereocenters. The van der Waals surface area contributed by atoms with E-state index < -0.39 is 0 Å². The minimum absolute atomic E-state index is 0.197. The quantitative estimate of drug-likeness (QED) is 0.792. The van der Waals surface area contributed by atoms with E-state index >= 15 is 0 Å². The smallest absolute Gasteiger partial charge is 0.138 e. The molecule has 0 fully saturated rings. The Morgan fingerprint density at radius 2 is 2.00 bits per heavy atom. The van der Waals surface area contributed by atoms with Crippen LogP contribution in [0.15, 0.2) is 41.1 Å². The highest BCUT2D eigenvalue weighted by Gasteiger charge is 2.16. The first-order valence-electron chi connectivity index (χ1n) is 7.15. The Hall–Kier alpha value is -2.20. The summed E-state index contributed by atoms with van der Waals surface area (Å²) in [6.45, 7) is 6.85. The molecule has 4 nitrogen and oxygen atoms in total. The highest BCUT2D eigenvalue weighted by molar-refractivity contribution is 5.81. The van der Waals surface area contributed by atoms with Crippen LogP contribution in [-0.4, -0.2) is 10.1 Å². The number of fused-ring (bicyclic) bond motifs is 1. The van der Waals surface area contributed by atoms with Crippen molar-refractivity contribution < 1.29 is 4.52 Å². The monoisotopic (exact) mass is 281 g/mol. The third-order valence-corrected chi connectivity index (χ3v) is 3.86. The molecule has 3 aromatic rings. The zero-order chi connectivity index (χ0) is 14.8. The molecule has 1 N–H and O–H groups in total. The second kappa shape index (κ2) is 5.66. The highest BCUT2D eigenvalue weighted by atomic mass is 16.5. The molecule has 0 radical (unpaired) electrons. The van der Waals surface area contributed by atoms with Gasteiger partial charge in [0.25, 0.3) is 0 Å². The molecule has 0 aliphatic carbocycles. The third kappa shape index (κ3) is 2.67. The van der Waals surface area contributed by atoms with E-state index in [4.69, 9.17) is 4.52 Å². The van der Waals surface area contributed by atoms with Crippen LogP contribution in [0.5, 0.6) is 0 Å². The van der Waals surface area contributed by atoms with Crippen molar-refractivity contribution in [1.29, 1.82) is 0 Å². The number of aryl methyl sites for hydroxylation is 2. The maximum Gasteiger partial charge on any atom is 0.138 e. The van der Waals surface area contributed by atoms with Crippen LogP contribution in [0.1, 0.15) is 35.5 Å². The van der Waals surface area contributed by atoms with Gasteiger partial charge < -0.3 is 9.84 Å². The molecule has 4 heteroatoms. The van der Waals surface area contributed by atoms with E-state index in [-0.39, 0.29) is 6.04 Å². The van der Waals surface area contributed by atoms with E-state index in [1.807, 2.05) is 38.2 Å². The molecule has 108 valence electrons. The Labute approximate surface area is 124 Å². The summed E-state index contributed by atoms with van der Waals surface area (Å²) >= 11 is 0. The van der Waals surface area contributed by atoms with Crippen molar-refractivity contribution in [2.24, 2.45) is 0 Å². The van der Waals surface area contributed by atoms with Gasteiger partial charge in [0, 0.05) is 29.7 Å². The van der Waals surface area contributed by atoms with Crippen molar-refractivity contribution >= 4 is 10.9 Å². The van der Waals surface area contributed by atoms with E-state index in [1.54, 1.807) is 0 Å². The molecule has 0 saturated heterocycles. The molecule has 0 bridgehead atoms. The molecular weight excluding hydrogens is 262 g/mol. The van der Waals surface area contributed by atoms with Gasteiger partial charge in [-0.05, 0) is 38.5 Å². The zero-order valence-electron chi connectivity index (χ0n) is 12.6. The van der Waals surface area contributed by atoms with Crippen molar-refractivity contribution in [3.8, 4) is 0 Å². The Balaban J connectivity index is 1.81. The summed E-state index contributed by atoms with van der Waals surface area (Å²) < 4.78 is 5.24. The summed E-state index contributed by atoms with van der Waals surface area (Å²) in [5.41, 5.74) is 4.38. The minimum atomic E-state index is 0.197. The average Bonchev–Trinajstić information content (AvgIpc) is 2.84. The highest BCUT2D eigenvalue weighted by Crippen LogP contribution is 2.22. The molecule has 21 heavy (non-hydrogen) atoms. The molecule has 0 aliphatic heterocycles. The molecule has 0 spiro atoms. The molecule has 2 heterocycles. The first kappa shape index (κ1) is 13.8. The van der Waals surface area contributed by atoms with Crippen molar-refractivity contribution in [2.75, 3.05) is 0 Å². The summed E-state index contributed by atoms with van der Waals surface area (Å²) in [4.78, 5) is 4.39. The molecule has 0 aliphatic rings. The predicted octanol–water partition coefficient (Wildman–Crippen LogP) is 3.69. The minimum Gasteiger partial charge on any atom is -0.361 e. The Bertz CT molecular complexity index is 739. The first-order valence-corrected chi connectivity index (χ1v) is 7.15. The van der Waals surface area contributed by atoms with Gasteiger partial charge in [0.2, 0.25) is 0 Å². The standard InChI is InChI=1S/C17H19N3O/c1-11(17-12(2)20-21-13(17)3)19-10-14-8-9-18-16-7-5-4-6-15(14)16/h4-9,11,19H,10H2,1-3H3. The van der Waals surface area contributed by atoms with Crippen LogP contribution in [0.4, 0.5) is 0 Å². The molecule has 1 aromatic carbocycles. The summed E-state index contributed by atoms with van der Waals surface area (Å²) in [7, 11) is 0. The fourth-order valence-electron chi connectivity index (χ4n) is 2.78. The van der Waals surface area contributed by atoms with Gasteiger partial charge >= 0.3 is 0 Å². The topological polar surface area (TPSA) is 51.0 Å². The van der Waals surface area contributed by atoms with E-state index in [2.05, 4.69) is 34.5 Å². The molecule has 0 amide bonds. The maximum atomic E-state index is 5.24. The summed E-state index contributed by atoms with van der Waals surface area (Å²) in [6.07, 6.45) is 1.86. The second-order valence-electron chi connectivity index (χ2n) is 5.33. The van der Waals surface area contributed by atoms with Crippen LogP contribution in [0, 0.1) is 13.8 Å². The fourth-order valence-corrected chi connectivity index (χ4v) is 2.78. The lowest BCUT2D eigenvalue weighted by Gasteiger charge is -2.14. The number of benzene rings is 1. The van der Waals surface area contributed by atoms with Gasteiger partial charge in [0.1, 0.15) is 5.76 Å². The van der Waals surface area contributed by atoms with Crippen LogP contribution >= 0.6 is 0 Å². The molecule has 3 rings (SSSR count). The molecule has 0 saturated carbocycles. The van der Waals surface area contributed by atoms with Crippen molar-refractivity contribution in [2.45, 2.75) is 33.4 Å². The number of nitrogens with zero attached hydrogens (tertiary/aromatic N) is 2. The number of rotatable bonds is 4. The average molecular weight is 281 g/mol.